The number of esters is 1. The molecule has 188 valence electrons. The molecule has 0 saturated heterocycles. The van der Waals surface area contributed by atoms with Crippen molar-refractivity contribution < 1.29 is 29.0 Å². The van der Waals surface area contributed by atoms with Crippen molar-refractivity contribution >= 4 is 18.0 Å². The summed E-state index contributed by atoms with van der Waals surface area (Å²) >= 11 is 0. The van der Waals surface area contributed by atoms with Gasteiger partial charge < -0.3 is 19.9 Å². The van der Waals surface area contributed by atoms with Crippen molar-refractivity contribution in [2.24, 2.45) is 0 Å². The van der Waals surface area contributed by atoms with Gasteiger partial charge in [-0.1, -0.05) is 91.0 Å². The number of benzene rings is 3. The van der Waals surface area contributed by atoms with Crippen LogP contribution in [0.5, 0.6) is 0 Å². The fraction of sp³-hybridized carbons (Fsp3) is 0.250. The lowest BCUT2D eigenvalue weighted by molar-refractivity contribution is -0.148. The van der Waals surface area contributed by atoms with E-state index in [1.165, 1.54) is 0 Å². The van der Waals surface area contributed by atoms with Gasteiger partial charge in [-0.15, -0.1) is 0 Å². The highest BCUT2D eigenvalue weighted by atomic mass is 16.6. The predicted octanol–water partition coefficient (Wildman–Crippen LogP) is 3.70. The van der Waals surface area contributed by atoms with Crippen LogP contribution in [0.3, 0.4) is 0 Å². The van der Waals surface area contributed by atoms with Gasteiger partial charge in [-0.05, 0) is 16.7 Å². The second kappa shape index (κ2) is 13.7. The van der Waals surface area contributed by atoms with Crippen molar-refractivity contribution in [2.45, 2.75) is 18.4 Å². The number of hydrogen-bond donors (Lipinski definition) is 3. The molecule has 0 aliphatic carbocycles. The van der Waals surface area contributed by atoms with E-state index in [-0.39, 0.29) is 26.1 Å². The Morgan fingerprint density at radius 2 is 1.14 bits per heavy atom. The molecular formula is C28H30N2O6. The molecule has 0 fully saturated rings. The molecule has 3 rings (SSSR count). The minimum Gasteiger partial charge on any atom is -0.481 e. The van der Waals surface area contributed by atoms with Crippen LogP contribution in [0.1, 0.15) is 29.5 Å². The van der Waals surface area contributed by atoms with Crippen molar-refractivity contribution in [1.29, 1.82) is 0 Å². The first-order chi connectivity index (χ1) is 17.5. The molecule has 0 atom stereocenters. The molecule has 0 radical (unpaired) electrons. The van der Waals surface area contributed by atoms with E-state index in [1.807, 2.05) is 54.6 Å². The van der Waals surface area contributed by atoms with Crippen LogP contribution in [0.15, 0.2) is 91.0 Å². The summed E-state index contributed by atoms with van der Waals surface area (Å²) in [5.41, 5.74) is 2.55. The Morgan fingerprint density at radius 3 is 1.61 bits per heavy atom. The summed E-state index contributed by atoms with van der Waals surface area (Å²) in [6.07, 6.45) is -1.16. The number of carbonyl (C=O) groups excluding carboxylic acids is 2. The second-order valence-corrected chi connectivity index (χ2v) is 7.95. The standard InChI is InChI=1S/C28H30N2O6/c31-25(32)16-17-26(33)35-20-21-36-27(34)29-18-19-30-28(22-10-4-1-5-11-22,23-12-6-2-7-13-23)24-14-8-3-9-15-24/h1-15,30H,16-21H2,(H,29,34)(H,31,32). The van der Waals surface area contributed by atoms with Gasteiger partial charge in [-0.25, -0.2) is 4.79 Å². The van der Waals surface area contributed by atoms with Gasteiger partial charge in [-0.2, -0.15) is 0 Å². The van der Waals surface area contributed by atoms with Crippen LogP contribution in [-0.2, 0) is 24.6 Å². The Morgan fingerprint density at radius 1 is 0.667 bits per heavy atom. The van der Waals surface area contributed by atoms with Crippen LogP contribution in [0.4, 0.5) is 4.79 Å². The van der Waals surface area contributed by atoms with E-state index in [2.05, 4.69) is 47.0 Å². The minimum absolute atomic E-state index is 0.125. The van der Waals surface area contributed by atoms with Gasteiger partial charge in [0, 0.05) is 13.1 Å². The third kappa shape index (κ3) is 7.41. The van der Waals surface area contributed by atoms with Crippen molar-refractivity contribution in [2.75, 3.05) is 26.3 Å². The summed E-state index contributed by atoms with van der Waals surface area (Å²) in [5.74, 6) is -1.73. The van der Waals surface area contributed by atoms with Gasteiger partial charge in [0.15, 0.2) is 0 Å². The Labute approximate surface area is 210 Å². The molecule has 3 aromatic carbocycles. The lowest BCUT2D eigenvalue weighted by Gasteiger charge is -2.37. The summed E-state index contributed by atoms with van der Waals surface area (Å²) in [5, 5.41) is 14.9. The van der Waals surface area contributed by atoms with E-state index in [0.29, 0.717) is 13.1 Å². The van der Waals surface area contributed by atoms with E-state index in [0.717, 1.165) is 16.7 Å². The van der Waals surface area contributed by atoms with Crippen molar-refractivity contribution in [3.63, 3.8) is 0 Å². The highest BCUT2D eigenvalue weighted by Crippen LogP contribution is 2.36. The number of aliphatic carboxylic acids is 1. The SMILES string of the molecule is O=C(O)CCC(=O)OCCOC(=O)NCCNC(c1ccccc1)(c1ccccc1)c1ccccc1. The normalized spacial score (nSPS) is 10.9. The summed E-state index contributed by atoms with van der Waals surface area (Å²) in [6, 6.07) is 30.4. The monoisotopic (exact) mass is 490 g/mol. The number of carbonyl (C=O) groups is 3. The molecule has 0 saturated carbocycles. The van der Waals surface area contributed by atoms with Crippen LogP contribution in [0, 0.1) is 0 Å². The van der Waals surface area contributed by atoms with Crippen LogP contribution < -0.4 is 10.6 Å². The first-order valence-corrected chi connectivity index (χ1v) is 11.7. The molecule has 3 aromatic rings. The topological polar surface area (TPSA) is 114 Å². The van der Waals surface area contributed by atoms with E-state index in [1.54, 1.807) is 0 Å². The molecule has 8 nitrogen and oxygen atoms in total. The number of ether oxygens (including phenoxy) is 2. The number of alkyl carbamates (subject to hydrolysis) is 1. The minimum atomic E-state index is -1.08. The van der Waals surface area contributed by atoms with E-state index < -0.39 is 23.6 Å². The molecule has 0 aliphatic heterocycles. The molecule has 0 spiro atoms. The van der Waals surface area contributed by atoms with Crippen LogP contribution in [-0.4, -0.2) is 49.4 Å². The molecule has 0 bridgehead atoms. The van der Waals surface area contributed by atoms with Gasteiger partial charge in [0.25, 0.3) is 0 Å². The predicted molar refractivity (Wildman–Crippen MR) is 134 cm³/mol. The largest absolute Gasteiger partial charge is 0.481 e. The Bertz CT molecular complexity index is 1010. The van der Waals surface area contributed by atoms with Gasteiger partial charge in [0.05, 0.1) is 18.4 Å². The molecular weight excluding hydrogens is 460 g/mol. The maximum absolute atomic E-state index is 12.1. The summed E-state index contributed by atoms with van der Waals surface area (Å²) in [6.45, 7) is 0.479. The average Bonchev–Trinajstić information content (AvgIpc) is 2.91. The van der Waals surface area contributed by atoms with E-state index >= 15 is 0 Å². The lowest BCUT2D eigenvalue weighted by Crippen LogP contribution is -2.47. The number of amides is 1. The van der Waals surface area contributed by atoms with Crippen LogP contribution in [0.25, 0.3) is 0 Å². The van der Waals surface area contributed by atoms with Gasteiger partial charge in [-0.3, -0.25) is 14.9 Å². The zero-order valence-electron chi connectivity index (χ0n) is 19.9. The Hall–Kier alpha value is -4.17. The second-order valence-electron chi connectivity index (χ2n) is 7.95. The maximum atomic E-state index is 12.1. The molecule has 36 heavy (non-hydrogen) atoms. The summed E-state index contributed by atoms with van der Waals surface area (Å²) in [4.78, 5) is 33.9. The molecule has 0 aromatic heterocycles. The van der Waals surface area contributed by atoms with Crippen molar-refractivity contribution in [3.8, 4) is 0 Å². The van der Waals surface area contributed by atoms with Crippen molar-refractivity contribution in [1.82, 2.24) is 10.6 Å². The third-order valence-corrected chi connectivity index (χ3v) is 5.53. The fourth-order valence-electron chi connectivity index (χ4n) is 3.91. The Balaban J connectivity index is 1.60. The molecule has 1 amide bonds. The van der Waals surface area contributed by atoms with Crippen LogP contribution in [0.2, 0.25) is 0 Å². The number of carboxylic acids is 1. The van der Waals surface area contributed by atoms with Gasteiger partial charge in [0.2, 0.25) is 0 Å². The van der Waals surface area contributed by atoms with E-state index in [4.69, 9.17) is 14.6 Å². The average molecular weight is 491 g/mol. The fourth-order valence-corrected chi connectivity index (χ4v) is 3.91. The summed E-state index contributed by atoms with van der Waals surface area (Å²) < 4.78 is 9.87. The number of nitrogens with one attached hydrogen (secondary N) is 2. The first-order valence-electron chi connectivity index (χ1n) is 11.7. The van der Waals surface area contributed by atoms with Gasteiger partial charge >= 0.3 is 18.0 Å². The van der Waals surface area contributed by atoms with Crippen LogP contribution >= 0.6 is 0 Å². The maximum Gasteiger partial charge on any atom is 0.407 e. The van der Waals surface area contributed by atoms with Crippen molar-refractivity contribution in [3.05, 3.63) is 108 Å². The highest BCUT2D eigenvalue weighted by molar-refractivity contribution is 5.76. The molecule has 0 heterocycles. The van der Waals surface area contributed by atoms with E-state index in [9.17, 15) is 14.4 Å². The Kier molecular flexibility index (Phi) is 10.0. The summed E-state index contributed by atoms with van der Waals surface area (Å²) in [7, 11) is 0. The highest BCUT2D eigenvalue weighted by Gasteiger charge is 2.35. The molecule has 8 heteroatoms. The molecule has 0 unspecified atom stereocenters. The lowest BCUT2D eigenvalue weighted by atomic mass is 9.77. The smallest absolute Gasteiger partial charge is 0.407 e. The number of rotatable bonds is 13. The molecule has 0 aliphatic rings. The number of carboxylic acid groups (broad SMARTS) is 1. The zero-order valence-corrected chi connectivity index (χ0v) is 19.9. The first kappa shape index (κ1) is 26.4. The molecule has 3 N–H and O–H groups in total. The zero-order chi connectivity index (χ0) is 25.6. The number of hydrogen-bond acceptors (Lipinski definition) is 6. The third-order valence-electron chi connectivity index (χ3n) is 5.53. The quantitative estimate of drug-likeness (QED) is 0.190. The van der Waals surface area contributed by atoms with Gasteiger partial charge in [0.1, 0.15) is 13.2 Å².